The molecule has 1 aromatic rings. The third-order valence-electron chi connectivity index (χ3n) is 2.64. The van der Waals surface area contributed by atoms with Crippen LogP contribution < -0.4 is 0 Å². The second-order valence-corrected chi connectivity index (χ2v) is 3.87. The van der Waals surface area contributed by atoms with Crippen LogP contribution in [0.3, 0.4) is 0 Å². The first-order valence-corrected chi connectivity index (χ1v) is 5.13. The summed E-state index contributed by atoms with van der Waals surface area (Å²) in [6, 6.07) is 8.78. The number of aryl methyl sites for hydroxylation is 2. The molecular formula is C13H17N. The largest absolute Gasteiger partial charge is 0.198 e. The van der Waals surface area contributed by atoms with Crippen LogP contribution in [0.15, 0.2) is 18.2 Å². The standard InChI is InChI=1S/C13H17N/c1-4-12(9-14)8-13-6-5-10(2)7-11(13)3/h5-7,12H,4,8H2,1-3H3. The fourth-order valence-electron chi connectivity index (χ4n) is 1.62. The molecule has 0 saturated heterocycles. The Morgan fingerprint density at radius 3 is 2.57 bits per heavy atom. The lowest BCUT2D eigenvalue weighted by molar-refractivity contribution is 0.636. The molecule has 14 heavy (non-hydrogen) atoms. The molecule has 0 saturated carbocycles. The van der Waals surface area contributed by atoms with Gasteiger partial charge in [0.1, 0.15) is 0 Å². The van der Waals surface area contributed by atoms with Gasteiger partial charge >= 0.3 is 0 Å². The summed E-state index contributed by atoms with van der Waals surface area (Å²) in [7, 11) is 0. The maximum atomic E-state index is 8.88. The van der Waals surface area contributed by atoms with E-state index in [2.05, 4.69) is 45.0 Å². The lowest BCUT2D eigenvalue weighted by atomic mass is 9.94. The van der Waals surface area contributed by atoms with E-state index in [1.807, 2.05) is 0 Å². The summed E-state index contributed by atoms with van der Waals surface area (Å²) in [5, 5.41) is 8.88. The first-order valence-electron chi connectivity index (χ1n) is 5.13. The molecule has 1 rings (SSSR count). The summed E-state index contributed by atoms with van der Waals surface area (Å²) >= 11 is 0. The monoisotopic (exact) mass is 187 g/mol. The van der Waals surface area contributed by atoms with Crippen molar-refractivity contribution in [1.29, 1.82) is 5.26 Å². The predicted octanol–water partition coefficient (Wildman–Crippen LogP) is 3.40. The lowest BCUT2D eigenvalue weighted by Gasteiger charge is -2.09. The van der Waals surface area contributed by atoms with Crippen molar-refractivity contribution < 1.29 is 0 Å². The number of benzene rings is 1. The molecule has 0 aliphatic heterocycles. The van der Waals surface area contributed by atoms with Crippen LogP contribution in [0.5, 0.6) is 0 Å². The zero-order chi connectivity index (χ0) is 10.6. The van der Waals surface area contributed by atoms with Crippen LogP contribution in [-0.4, -0.2) is 0 Å². The topological polar surface area (TPSA) is 23.8 Å². The average molecular weight is 187 g/mol. The van der Waals surface area contributed by atoms with E-state index >= 15 is 0 Å². The molecule has 0 N–H and O–H groups in total. The molecule has 0 bridgehead atoms. The van der Waals surface area contributed by atoms with Gasteiger partial charge in [-0.15, -0.1) is 0 Å². The van der Waals surface area contributed by atoms with Gasteiger partial charge in [-0.05, 0) is 37.8 Å². The molecule has 1 heteroatoms. The highest BCUT2D eigenvalue weighted by Gasteiger charge is 2.07. The molecule has 0 heterocycles. The van der Waals surface area contributed by atoms with Gasteiger partial charge in [-0.25, -0.2) is 0 Å². The van der Waals surface area contributed by atoms with Gasteiger partial charge in [0.15, 0.2) is 0 Å². The van der Waals surface area contributed by atoms with E-state index < -0.39 is 0 Å². The SMILES string of the molecule is CCC(C#N)Cc1ccc(C)cc1C. The molecular weight excluding hydrogens is 170 g/mol. The third-order valence-corrected chi connectivity index (χ3v) is 2.64. The number of hydrogen-bond acceptors (Lipinski definition) is 1. The Morgan fingerprint density at radius 1 is 1.36 bits per heavy atom. The number of hydrogen-bond donors (Lipinski definition) is 0. The number of nitriles is 1. The molecule has 1 aromatic carbocycles. The molecule has 1 atom stereocenters. The number of nitrogens with zero attached hydrogens (tertiary/aromatic N) is 1. The predicted molar refractivity (Wildman–Crippen MR) is 59.0 cm³/mol. The smallest absolute Gasteiger partial charge is 0.0659 e. The van der Waals surface area contributed by atoms with Crippen LogP contribution in [0.2, 0.25) is 0 Å². The van der Waals surface area contributed by atoms with E-state index in [9.17, 15) is 0 Å². The van der Waals surface area contributed by atoms with Crippen molar-refractivity contribution in [2.75, 3.05) is 0 Å². The quantitative estimate of drug-likeness (QED) is 0.711. The van der Waals surface area contributed by atoms with Crippen LogP contribution in [-0.2, 0) is 6.42 Å². The highest BCUT2D eigenvalue weighted by atomic mass is 14.3. The van der Waals surface area contributed by atoms with Crippen LogP contribution in [0.1, 0.15) is 30.0 Å². The van der Waals surface area contributed by atoms with Crippen LogP contribution in [0, 0.1) is 31.1 Å². The van der Waals surface area contributed by atoms with Crippen molar-refractivity contribution in [3.05, 3.63) is 34.9 Å². The Hall–Kier alpha value is -1.29. The molecule has 74 valence electrons. The van der Waals surface area contributed by atoms with Crippen molar-refractivity contribution in [2.45, 2.75) is 33.6 Å². The van der Waals surface area contributed by atoms with E-state index in [1.165, 1.54) is 16.7 Å². The van der Waals surface area contributed by atoms with Crippen molar-refractivity contribution in [3.8, 4) is 6.07 Å². The van der Waals surface area contributed by atoms with Gasteiger partial charge in [0.05, 0.1) is 12.0 Å². The summed E-state index contributed by atoms with van der Waals surface area (Å²) < 4.78 is 0. The third kappa shape index (κ3) is 2.60. The molecule has 0 fully saturated rings. The second-order valence-electron chi connectivity index (χ2n) is 3.87. The van der Waals surface area contributed by atoms with E-state index in [0.717, 1.165) is 12.8 Å². The molecule has 0 aliphatic rings. The van der Waals surface area contributed by atoms with Crippen molar-refractivity contribution in [1.82, 2.24) is 0 Å². The Morgan fingerprint density at radius 2 is 2.07 bits per heavy atom. The van der Waals surface area contributed by atoms with Crippen LogP contribution >= 0.6 is 0 Å². The van der Waals surface area contributed by atoms with Gasteiger partial charge in [0, 0.05) is 0 Å². The molecule has 0 aromatic heterocycles. The highest BCUT2D eigenvalue weighted by molar-refractivity contribution is 5.31. The van der Waals surface area contributed by atoms with Crippen LogP contribution in [0.25, 0.3) is 0 Å². The molecule has 0 amide bonds. The Balaban J connectivity index is 2.82. The molecule has 0 spiro atoms. The zero-order valence-electron chi connectivity index (χ0n) is 9.17. The van der Waals surface area contributed by atoms with E-state index in [4.69, 9.17) is 5.26 Å². The fourth-order valence-corrected chi connectivity index (χ4v) is 1.62. The summed E-state index contributed by atoms with van der Waals surface area (Å²) in [4.78, 5) is 0. The van der Waals surface area contributed by atoms with Gasteiger partial charge in [0.2, 0.25) is 0 Å². The number of rotatable bonds is 3. The van der Waals surface area contributed by atoms with Gasteiger partial charge < -0.3 is 0 Å². The van der Waals surface area contributed by atoms with E-state index in [1.54, 1.807) is 0 Å². The van der Waals surface area contributed by atoms with Crippen LogP contribution in [0.4, 0.5) is 0 Å². The summed E-state index contributed by atoms with van der Waals surface area (Å²) in [6.07, 6.45) is 1.82. The van der Waals surface area contributed by atoms with Crippen molar-refractivity contribution >= 4 is 0 Å². The van der Waals surface area contributed by atoms with Gasteiger partial charge in [-0.3, -0.25) is 0 Å². The average Bonchev–Trinajstić information content (AvgIpc) is 2.17. The molecule has 0 aliphatic carbocycles. The maximum absolute atomic E-state index is 8.88. The second kappa shape index (κ2) is 4.81. The van der Waals surface area contributed by atoms with Crippen molar-refractivity contribution in [2.24, 2.45) is 5.92 Å². The van der Waals surface area contributed by atoms with Gasteiger partial charge in [0.25, 0.3) is 0 Å². The maximum Gasteiger partial charge on any atom is 0.0659 e. The summed E-state index contributed by atoms with van der Waals surface area (Å²) in [5.74, 6) is 0.163. The zero-order valence-corrected chi connectivity index (χ0v) is 9.17. The fraction of sp³-hybridized carbons (Fsp3) is 0.462. The molecule has 0 radical (unpaired) electrons. The van der Waals surface area contributed by atoms with E-state index in [0.29, 0.717) is 0 Å². The highest BCUT2D eigenvalue weighted by Crippen LogP contribution is 2.16. The lowest BCUT2D eigenvalue weighted by Crippen LogP contribution is -2.01. The van der Waals surface area contributed by atoms with Gasteiger partial charge in [-0.2, -0.15) is 5.26 Å². The normalized spacial score (nSPS) is 12.1. The Bertz CT molecular complexity index is 347. The Labute approximate surface area is 86.4 Å². The first kappa shape index (κ1) is 10.8. The minimum atomic E-state index is 0.163. The van der Waals surface area contributed by atoms with Gasteiger partial charge in [-0.1, -0.05) is 30.7 Å². The minimum absolute atomic E-state index is 0.163. The van der Waals surface area contributed by atoms with Crippen molar-refractivity contribution in [3.63, 3.8) is 0 Å². The summed E-state index contributed by atoms with van der Waals surface area (Å²) in [5.41, 5.74) is 3.90. The molecule has 1 nitrogen and oxygen atoms in total. The van der Waals surface area contributed by atoms with E-state index in [-0.39, 0.29) is 5.92 Å². The minimum Gasteiger partial charge on any atom is -0.198 e. The first-order chi connectivity index (χ1) is 6.67. The Kier molecular flexibility index (Phi) is 3.71. The summed E-state index contributed by atoms with van der Waals surface area (Å²) in [6.45, 7) is 6.28. The molecule has 1 unspecified atom stereocenters.